The lowest BCUT2D eigenvalue weighted by Crippen LogP contribution is -2.29. The summed E-state index contributed by atoms with van der Waals surface area (Å²) in [7, 11) is 1.55. The number of aliphatic hydroxyl groups excluding tert-OH is 1. The van der Waals surface area contributed by atoms with E-state index in [-0.39, 0.29) is 17.9 Å². The van der Waals surface area contributed by atoms with Gasteiger partial charge in [0.05, 0.1) is 31.5 Å². The Morgan fingerprint density at radius 3 is 2.40 bits per heavy atom. The van der Waals surface area contributed by atoms with E-state index in [0.29, 0.717) is 27.7 Å². The monoisotopic (exact) mass is 423 g/mol. The van der Waals surface area contributed by atoms with Crippen molar-refractivity contribution in [3.05, 3.63) is 94.4 Å². The lowest BCUT2D eigenvalue weighted by atomic mass is 9.95. The molecule has 4 rings (SSSR count). The van der Waals surface area contributed by atoms with Crippen LogP contribution in [-0.4, -0.2) is 28.8 Å². The van der Waals surface area contributed by atoms with Crippen molar-refractivity contribution >= 4 is 29.1 Å². The van der Waals surface area contributed by atoms with Crippen LogP contribution in [0.3, 0.4) is 0 Å². The van der Waals surface area contributed by atoms with Gasteiger partial charge in [0.25, 0.3) is 11.7 Å². The topological polar surface area (TPSA) is 80.0 Å². The van der Waals surface area contributed by atoms with E-state index in [1.807, 2.05) is 0 Å². The van der Waals surface area contributed by atoms with Crippen LogP contribution in [0.25, 0.3) is 5.76 Å². The number of nitrogens with zero attached hydrogens (tertiary/aromatic N) is 1. The fourth-order valence-corrected chi connectivity index (χ4v) is 3.64. The number of benzene rings is 2. The van der Waals surface area contributed by atoms with Crippen molar-refractivity contribution in [3.8, 4) is 5.75 Å². The molecule has 0 radical (unpaired) electrons. The first kappa shape index (κ1) is 19.8. The van der Waals surface area contributed by atoms with E-state index in [0.717, 1.165) is 0 Å². The second-order valence-electron chi connectivity index (χ2n) is 6.79. The molecule has 30 heavy (non-hydrogen) atoms. The molecule has 2 heterocycles. The Balaban J connectivity index is 1.85. The zero-order chi connectivity index (χ0) is 21.3. The number of methoxy groups -OCH3 is 1. The molecule has 0 saturated carbocycles. The number of amides is 1. The van der Waals surface area contributed by atoms with Gasteiger partial charge in [0.2, 0.25) is 0 Å². The molecule has 1 aliphatic rings. The summed E-state index contributed by atoms with van der Waals surface area (Å²) in [6.07, 6.45) is 1.50. The molecule has 1 unspecified atom stereocenters. The quantitative estimate of drug-likeness (QED) is 0.369. The van der Waals surface area contributed by atoms with Crippen molar-refractivity contribution in [2.45, 2.75) is 12.6 Å². The molecule has 1 N–H and O–H groups in total. The van der Waals surface area contributed by atoms with Crippen molar-refractivity contribution in [2.24, 2.45) is 0 Å². The summed E-state index contributed by atoms with van der Waals surface area (Å²) in [6, 6.07) is 16.1. The Kier molecular flexibility index (Phi) is 5.33. The van der Waals surface area contributed by atoms with Crippen molar-refractivity contribution in [3.63, 3.8) is 0 Å². The van der Waals surface area contributed by atoms with E-state index in [1.165, 1.54) is 11.2 Å². The van der Waals surface area contributed by atoms with Gasteiger partial charge in [-0.15, -0.1) is 0 Å². The second kappa shape index (κ2) is 8.08. The molecule has 1 aromatic heterocycles. The molecule has 2 aromatic carbocycles. The molecule has 1 aliphatic heterocycles. The molecule has 0 bridgehead atoms. The molecule has 0 aliphatic carbocycles. The summed E-state index contributed by atoms with van der Waals surface area (Å²) in [6.45, 7) is 0.0890. The fourth-order valence-electron chi connectivity index (χ4n) is 3.51. The number of carbonyl (C=O) groups is 2. The largest absolute Gasteiger partial charge is 0.507 e. The van der Waals surface area contributed by atoms with Crippen LogP contribution in [0.1, 0.15) is 22.9 Å². The minimum Gasteiger partial charge on any atom is -0.507 e. The zero-order valence-electron chi connectivity index (χ0n) is 16.0. The molecule has 7 heteroatoms. The van der Waals surface area contributed by atoms with Crippen LogP contribution in [0.4, 0.5) is 0 Å². The highest BCUT2D eigenvalue weighted by molar-refractivity contribution is 6.46. The summed E-state index contributed by atoms with van der Waals surface area (Å²) < 4.78 is 10.6. The average Bonchev–Trinajstić information content (AvgIpc) is 3.36. The SMILES string of the molecule is COc1ccc(C2/C(=C(/O)c3ccc(Cl)cc3)C(=O)C(=O)N2Cc2ccco2)cc1. The maximum atomic E-state index is 12.9. The molecular weight excluding hydrogens is 406 g/mol. The minimum atomic E-state index is -0.781. The van der Waals surface area contributed by atoms with Crippen LogP contribution < -0.4 is 4.74 Å². The van der Waals surface area contributed by atoms with Gasteiger partial charge in [-0.25, -0.2) is 0 Å². The molecule has 6 nitrogen and oxygen atoms in total. The number of Topliss-reactive ketones (excluding diaryl/α,β-unsaturated/α-hetero) is 1. The molecule has 1 fully saturated rings. The highest BCUT2D eigenvalue weighted by Crippen LogP contribution is 2.40. The van der Waals surface area contributed by atoms with E-state index in [9.17, 15) is 14.7 Å². The zero-order valence-corrected chi connectivity index (χ0v) is 16.8. The van der Waals surface area contributed by atoms with Gasteiger partial charge in [-0.1, -0.05) is 23.7 Å². The van der Waals surface area contributed by atoms with Crippen LogP contribution in [0.15, 0.2) is 76.9 Å². The highest BCUT2D eigenvalue weighted by Gasteiger charge is 2.46. The van der Waals surface area contributed by atoms with Crippen LogP contribution in [0.2, 0.25) is 5.02 Å². The van der Waals surface area contributed by atoms with Crippen molar-refractivity contribution in [2.75, 3.05) is 7.11 Å². The fraction of sp³-hybridized carbons (Fsp3) is 0.130. The third kappa shape index (κ3) is 3.57. The first-order chi connectivity index (χ1) is 14.5. The highest BCUT2D eigenvalue weighted by atomic mass is 35.5. The van der Waals surface area contributed by atoms with Gasteiger partial charge >= 0.3 is 0 Å². The Morgan fingerprint density at radius 2 is 1.80 bits per heavy atom. The summed E-state index contributed by atoms with van der Waals surface area (Å²) in [5, 5.41) is 11.5. The van der Waals surface area contributed by atoms with Crippen LogP contribution in [-0.2, 0) is 16.1 Å². The Labute approximate surface area is 177 Å². The van der Waals surface area contributed by atoms with Crippen molar-refractivity contribution < 1.29 is 23.8 Å². The van der Waals surface area contributed by atoms with Crippen LogP contribution in [0.5, 0.6) is 5.75 Å². The first-order valence-corrected chi connectivity index (χ1v) is 9.58. The van der Waals surface area contributed by atoms with Gasteiger partial charge in [0, 0.05) is 10.6 Å². The van der Waals surface area contributed by atoms with E-state index < -0.39 is 17.7 Å². The molecule has 1 atom stereocenters. The predicted octanol–water partition coefficient (Wildman–Crippen LogP) is 4.56. The molecule has 3 aromatic rings. The number of ether oxygens (including phenoxy) is 1. The van der Waals surface area contributed by atoms with E-state index >= 15 is 0 Å². The van der Waals surface area contributed by atoms with Crippen molar-refractivity contribution in [1.82, 2.24) is 4.90 Å². The number of hydrogen-bond donors (Lipinski definition) is 1. The van der Waals surface area contributed by atoms with Gasteiger partial charge in [0.1, 0.15) is 17.3 Å². The number of likely N-dealkylation sites (tertiary alicyclic amines) is 1. The average molecular weight is 424 g/mol. The normalized spacial score (nSPS) is 18.1. The number of halogens is 1. The third-order valence-electron chi connectivity index (χ3n) is 5.00. The molecule has 152 valence electrons. The van der Waals surface area contributed by atoms with Crippen molar-refractivity contribution in [1.29, 1.82) is 0 Å². The Bertz CT molecular complexity index is 1100. The van der Waals surface area contributed by atoms with E-state index in [1.54, 1.807) is 67.8 Å². The van der Waals surface area contributed by atoms with Gasteiger partial charge in [0.15, 0.2) is 0 Å². The maximum absolute atomic E-state index is 12.9. The number of furan rings is 1. The van der Waals surface area contributed by atoms with E-state index in [2.05, 4.69) is 0 Å². The molecule has 1 amide bonds. The second-order valence-corrected chi connectivity index (χ2v) is 7.22. The van der Waals surface area contributed by atoms with Gasteiger partial charge in [-0.2, -0.15) is 0 Å². The standard InChI is InChI=1S/C23H18ClNO5/c1-29-17-10-6-14(7-11-17)20-19(21(26)15-4-8-16(24)9-5-15)22(27)23(28)25(20)13-18-3-2-12-30-18/h2-12,20,26H,13H2,1H3/b21-19-. The Hall–Kier alpha value is -3.51. The Morgan fingerprint density at radius 1 is 1.10 bits per heavy atom. The predicted molar refractivity (Wildman–Crippen MR) is 111 cm³/mol. The number of carbonyl (C=O) groups excluding carboxylic acids is 2. The third-order valence-corrected chi connectivity index (χ3v) is 5.25. The van der Waals surface area contributed by atoms with Crippen LogP contribution >= 0.6 is 11.6 Å². The molecule has 1 saturated heterocycles. The maximum Gasteiger partial charge on any atom is 0.296 e. The number of aliphatic hydroxyl groups is 1. The smallest absolute Gasteiger partial charge is 0.296 e. The van der Waals surface area contributed by atoms with E-state index in [4.69, 9.17) is 20.8 Å². The number of hydrogen-bond acceptors (Lipinski definition) is 5. The lowest BCUT2D eigenvalue weighted by molar-refractivity contribution is -0.140. The number of rotatable bonds is 5. The lowest BCUT2D eigenvalue weighted by Gasteiger charge is -2.24. The van der Waals surface area contributed by atoms with Gasteiger partial charge in [-0.05, 0) is 54.1 Å². The van der Waals surface area contributed by atoms with Gasteiger partial charge < -0.3 is 19.2 Å². The minimum absolute atomic E-state index is 0.0130. The summed E-state index contributed by atoms with van der Waals surface area (Å²) in [5.41, 5.74) is 1.07. The van der Waals surface area contributed by atoms with Gasteiger partial charge in [-0.3, -0.25) is 9.59 Å². The number of ketones is 1. The summed E-state index contributed by atoms with van der Waals surface area (Å²) in [4.78, 5) is 27.2. The molecular formula is C23H18ClNO5. The molecule has 0 spiro atoms. The van der Waals surface area contributed by atoms with Crippen LogP contribution in [0, 0.1) is 0 Å². The summed E-state index contributed by atoms with van der Waals surface area (Å²) in [5.74, 6) is -0.549. The first-order valence-electron chi connectivity index (χ1n) is 9.20. The summed E-state index contributed by atoms with van der Waals surface area (Å²) >= 11 is 5.93.